The van der Waals surface area contributed by atoms with Gasteiger partial charge >= 0.3 is 0 Å². The molecule has 1 unspecified atom stereocenters. The molecule has 0 aliphatic rings. The summed E-state index contributed by atoms with van der Waals surface area (Å²) in [7, 11) is 1.57. The zero-order chi connectivity index (χ0) is 14.7. The molecule has 2 rings (SSSR count). The van der Waals surface area contributed by atoms with Crippen LogP contribution in [0.5, 0.6) is 5.75 Å². The number of anilines is 1. The number of rotatable bonds is 4. The average Bonchev–Trinajstić information content (AvgIpc) is 2.41. The van der Waals surface area contributed by atoms with Gasteiger partial charge < -0.3 is 10.1 Å². The molecule has 20 heavy (non-hydrogen) atoms. The minimum atomic E-state index is -0.453. The maximum Gasteiger partial charge on any atom is 0.141 e. The summed E-state index contributed by atoms with van der Waals surface area (Å²) in [5.41, 5.74) is 2.09. The van der Waals surface area contributed by atoms with E-state index in [0.29, 0.717) is 5.75 Å². The molecule has 0 radical (unpaired) electrons. The molecule has 0 aliphatic heterocycles. The molecular formula is C16H17F2NO. The van der Waals surface area contributed by atoms with Gasteiger partial charge in [-0.3, -0.25) is 0 Å². The zero-order valence-electron chi connectivity index (χ0n) is 11.7. The molecule has 0 aromatic heterocycles. The highest BCUT2D eigenvalue weighted by Gasteiger charge is 2.14. The van der Waals surface area contributed by atoms with Gasteiger partial charge in [-0.2, -0.15) is 0 Å². The van der Waals surface area contributed by atoms with Crippen molar-refractivity contribution in [1.29, 1.82) is 0 Å². The monoisotopic (exact) mass is 277 g/mol. The van der Waals surface area contributed by atoms with Gasteiger partial charge in [0.25, 0.3) is 0 Å². The highest BCUT2D eigenvalue weighted by atomic mass is 19.1. The summed E-state index contributed by atoms with van der Waals surface area (Å²) < 4.78 is 32.2. The maximum atomic E-state index is 13.7. The largest absolute Gasteiger partial charge is 0.495 e. The topological polar surface area (TPSA) is 21.3 Å². The minimum Gasteiger partial charge on any atom is -0.495 e. The van der Waals surface area contributed by atoms with E-state index in [-0.39, 0.29) is 11.6 Å². The Bertz CT molecular complexity index is 613. The molecule has 0 heterocycles. The second-order valence-electron chi connectivity index (χ2n) is 4.74. The van der Waals surface area contributed by atoms with Crippen LogP contribution >= 0.6 is 0 Å². The fourth-order valence-electron chi connectivity index (χ4n) is 2.09. The van der Waals surface area contributed by atoms with Gasteiger partial charge in [0.05, 0.1) is 18.8 Å². The Morgan fingerprint density at radius 1 is 1.10 bits per heavy atom. The molecular weight excluding hydrogens is 260 g/mol. The number of halogens is 2. The van der Waals surface area contributed by atoms with Crippen LogP contribution in [0, 0.1) is 18.6 Å². The third-order valence-electron chi connectivity index (χ3n) is 3.15. The van der Waals surface area contributed by atoms with Crippen LogP contribution in [0.2, 0.25) is 0 Å². The van der Waals surface area contributed by atoms with Gasteiger partial charge in [0, 0.05) is 5.56 Å². The number of benzene rings is 2. The average molecular weight is 277 g/mol. The van der Waals surface area contributed by atoms with E-state index in [9.17, 15) is 8.78 Å². The predicted octanol–water partition coefficient (Wildman–Crippen LogP) is 4.45. The van der Waals surface area contributed by atoms with Crippen molar-refractivity contribution in [2.45, 2.75) is 19.9 Å². The minimum absolute atomic E-state index is 0.286. The molecule has 2 nitrogen and oxygen atoms in total. The Hall–Kier alpha value is -2.10. The lowest BCUT2D eigenvalue weighted by Gasteiger charge is -2.19. The molecule has 2 aromatic rings. The first-order valence-corrected chi connectivity index (χ1v) is 6.37. The first kappa shape index (κ1) is 14.3. The summed E-state index contributed by atoms with van der Waals surface area (Å²) in [5, 5.41) is 3.15. The number of hydrogen-bond donors (Lipinski definition) is 1. The molecule has 2 aromatic carbocycles. The van der Waals surface area contributed by atoms with Crippen molar-refractivity contribution in [2.24, 2.45) is 0 Å². The van der Waals surface area contributed by atoms with E-state index in [4.69, 9.17) is 4.74 Å². The van der Waals surface area contributed by atoms with E-state index in [2.05, 4.69) is 5.32 Å². The van der Waals surface area contributed by atoms with Crippen LogP contribution < -0.4 is 10.1 Å². The lowest BCUT2D eigenvalue weighted by molar-refractivity contribution is 0.416. The van der Waals surface area contributed by atoms with Crippen molar-refractivity contribution in [3.05, 3.63) is 59.2 Å². The lowest BCUT2D eigenvalue weighted by Crippen LogP contribution is -2.10. The van der Waals surface area contributed by atoms with Crippen molar-refractivity contribution in [2.75, 3.05) is 12.4 Å². The van der Waals surface area contributed by atoms with Crippen molar-refractivity contribution in [3.63, 3.8) is 0 Å². The van der Waals surface area contributed by atoms with Crippen molar-refractivity contribution < 1.29 is 13.5 Å². The van der Waals surface area contributed by atoms with Gasteiger partial charge in [-0.1, -0.05) is 6.07 Å². The van der Waals surface area contributed by atoms with Gasteiger partial charge in [0.1, 0.15) is 17.4 Å². The SMILES string of the molecule is COc1ccc(C)cc1NC(C)c1cc(F)ccc1F. The van der Waals surface area contributed by atoms with Gasteiger partial charge in [-0.05, 0) is 49.7 Å². The second kappa shape index (κ2) is 5.90. The molecule has 4 heteroatoms. The molecule has 0 saturated carbocycles. The number of aryl methyl sites for hydroxylation is 1. The van der Waals surface area contributed by atoms with Crippen molar-refractivity contribution >= 4 is 5.69 Å². The van der Waals surface area contributed by atoms with E-state index in [0.717, 1.165) is 23.4 Å². The van der Waals surface area contributed by atoms with Crippen LogP contribution in [0.15, 0.2) is 36.4 Å². The summed E-state index contributed by atoms with van der Waals surface area (Å²) >= 11 is 0. The molecule has 0 bridgehead atoms. The van der Waals surface area contributed by atoms with E-state index >= 15 is 0 Å². The summed E-state index contributed by atoms with van der Waals surface area (Å²) in [4.78, 5) is 0. The van der Waals surface area contributed by atoms with Gasteiger partial charge in [-0.15, -0.1) is 0 Å². The summed E-state index contributed by atoms with van der Waals surface area (Å²) in [6.45, 7) is 3.73. The zero-order valence-corrected chi connectivity index (χ0v) is 11.7. The number of nitrogens with one attached hydrogen (secondary N) is 1. The Kier molecular flexibility index (Phi) is 4.23. The van der Waals surface area contributed by atoms with E-state index in [1.54, 1.807) is 14.0 Å². The summed E-state index contributed by atoms with van der Waals surface area (Å²) in [6, 6.07) is 8.75. The first-order valence-electron chi connectivity index (χ1n) is 6.37. The molecule has 0 spiro atoms. The standard InChI is InChI=1S/C16H17F2NO/c1-10-4-7-16(20-3)15(8-10)19-11(2)13-9-12(17)5-6-14(13)18/h4-9,11,19H,1-3H3. The molecule has 0 saturated heterocycles. The van der Waals surface area contributed by atoms with Gasteiger partial charge in [0.15, 0.2) is 0 Å². The van der Waals surface area contributed by atoms with E-state index < -0.39 is 11.6 Å². The number of methoxy groups -OCH3 is 1. The molecule has 0 amide bonds. The van der Waals surface area contributed by atoms with E-state index in [1.165, 1.54) is 6.07 Å². The predicted molar refractivity (Wildman–Crippen MR) is 76.1 cm³/mol. The third-order valence-corrected chi connectivity index (χ3v) is 3.15. The van der Waals surface area contributed by atoms with E-state index in [1.807, 2.05) is 25.1 Å². The highest BCUT2D eigenvalue weighted by Crippen LogP contribution is 2.30. The quantitative estimate of drug-likeness (QED) is 0.891. The van der Waals surface area contributed by atoms with Gasteiger partial charge in [-0.25, -0.2) is 8.78 Å². The first-order chi connectivity index (χ1) is 9.51. The van der Waals surface area contributed by atoms with Crippen LogP contribution in [0.3, 0.4) is 0 Å². The molecule has 1 N–H and O–H groups in total. The Morgan fingerprint density at radius 3 is 2.55 bits per heavy atom. The highest BCUT2D eigenvalue weighted by molar-refractivity contribution is 5.59. The smallest absolute Gasteiger partial charge is 0.141 e. The maximum absolute atomic E-state index is 13.7. The van der Waals surface area contributed by atoms with Crippen molar-refractivity contribution in [3.8, 4) is 5.75 Å². The van der Waals surface area contributed by atoms with Crippen LogP contribution in [0.4, 0.5) is 14.5 Å². The fourth-order valence-corrected chi connectivity index (χ4v) is 2.09. The summed E-state index contributed by atoms with van der Waals surface area (Å²) in [6.07, 6.45) is 0. The Balaban J connectivity index is 2.29. The molecule has 0 aliphatic carbocycles. The number of hydrogen-bond acceptors (Lipinski definition) is 2. The molecule has 1 atom stereocenters. The Morgan fingerprint density at radius 2 is 1.85 bits per heavy atom. The lowest BCUT2D eigenvalue weighted by atomic mass is 10.1. The van der Waals surface area contributed by atoms with Crippen molar-refractivity contribution in [1.82, 2.24) is 0 Å². The molecule has 0 fully saturated rings. The normalized spacial score (nSPS) is 12.1. The van der Waals surface area contributed by atoms with Crippen LogP contribution in [0.25, 0.3) is 0 Å². The van der Waals surface area contributed by atoms with Crippen LogP contribution in [-0.2, 0) is 0 Å². The number of ether oxygens (including phenoxy) is 1. The second-order valence-corrected chi connectivity index (χ2v) is 4.74. The van der Waals surface area contributed by atoms with Gasteiger partial charge in [0.2, 0.25) is 0 Å². The molecule has 106 valence electrons. The fraction of sp³-hybridized carbons (Fsp3) is 0.250. The van der Waals surface area contributed by atoms with Crippen LogP contribution in [0.1, 0.15) is 24.1 Å². The third kappa shape index (κ3) is 3.07. The van der Waals surface area contributed by atoms with Crippen LogP contribution in [-0.4, -0.2) is 7.11 Å². The Labute approximate surface area is 117 Å². The summed E-state index contributed by atoms with van der Waals surface area (Å²) in [5.74, 6) is -0.219.